The zero-order chi connectivity index (χ0) is 16.2. The van der Waals surface area contributed by atoms with E-state index in [1.165, 1.54) is 0 Å². The van der Waals surface area contributed by atoms with Crippen molar-refractivity contribution in [3.8, 4) is 0 Å². The second-order valence-corrected chi connectivity index (χ2v) is 6.40. The molecule has 0 radical (unpaired) electrons. The molecule has 1 atom stereocenters. The standard InChI is InChI=1S/C16H21ClN4O2/c17-12-1-3-13(4-2-12)19-15(22)11-20-7-9-21(10-8-20)14-5-6-18-16(14)23/h1-4,14H,5-11H2,(H,18,23)(H,19,22). The van der Waals surface area contributed by atoms with Gasteiger partial charge in [0.15, 0.2) is 0 Å². The van der Waals surface area contributed by atoms with E-state index in [1.807, 2.05) is 0 Å². The number of hydrogen-bond donors (Lipinski definition) is 2. The first-order valence-corrected chi connectivity index (χ1v) is 8.29. The normalized spacial score (nSPS) is 22.8. The summed E-state index contributed by atoms with van der Waals surface area (Å²) in [6.45, 7) is 4.40. The molecule has 2 heterocycles. The van der Waals surface area contributed by atoms with Crippen LogP contribution in [-0.4, -0.2) is 66.9 Å². The van der Waals surface area contributed by atoms with Crippen LogP contribution in [0.4, 0.5) is 5.69 Å². The molecular formula is C16H21ClN4O2. The first kappa shape index (κ1) is 16.2. The summed E-state index contributed by atoms with van der Waals surface area (Å²) in [5, 5.41) is 6.39. The number of halogens is 1. The fourth-order valence-electron chi connectivity index (χ4n) is 3.10. The summed E-state index contributed by atoms with van der Waals surface area (Å²) in [4.78, 5) is 28.1. The average Bonchev–Trinajstić information content (AvgIpc) is 2.96. The predicted octanol–water partition coefficient (Wildman–Crippen LogP) is 0.785. The van der Waals surface area contributed by atoms with Crippen molar-refractivity contribution in [1.82, 2.24) is 15.1 Å². The van der Waals surface area contributed by atoms with Crippen molar-refractivity contribution in [1.29, 1.82) is 0 Å². The number of hydrogen-bond acceptors (Lipinski definition) is 4. The molecule has 2 saturated heterocycles. The van der Waals surface area contributed by atoms with Crippen molar-refractivity contribution in [2.75, 3.05) is 44.6 Å². The highest BCUT2D eigenvalue weighted by molar-refractivity contribution is 6.30. The molecule has 1 aromatic carbocycles. The number of amides is 2. The van der Waals surface area contributed by atoms with E-state index < -0.39 is 0 Å². The molecule has 6 nitrogen and oxygen atoms in total. The Hall–Kier alpha value is -1.63. The van der Waals surface area contributed by atoms with Gasteiger partial charge in [0.05, 0.1) is 12.6 Å². The number of piperazine rings is 1. The van der Waals surface area contributed by atoms with Crippen molar-refractivity contribution >= 4 is 29.1 Å². The predicted molar refractivity (Wildman–Crippen MR) is 89.5 cm³/mol. The fourth-order valence-corrected chi connectivity index (χ4v) is 3.23. The minimum Gasteiger partial charge on any atom is -0.355 e. The van der Waals surface area contributed by atoms with Gasteiger partial charge in [-0.1, -0.05) is 11.6 Å². The molecule has 7 heteroatoms. The number of nitrogens with one attached hydrogen (secondary N) is 2. The van der Waals surface area contributed by atoms with E-state index in [4.69, 9.17) is 11.6 Å². The van der Waals surface area contributed by atoms with Gasteiger partial charge in [0.1, 0.15) is 0 Å². The Morgan fingerprint density at radius 2 is 1.91 bits per heavy atom. The summed E-state index contributed by atoms with van der Waals surface area (Å²) in [5.74, 6) is 0.110. The van der Waals surface area contributed by atoms with E-state index in [0.29, 0.717) is 11.6 Å². The Morgan fingerprint density at radius 1 is 1.22 bits per heavy atom. The minimum absolute atomic E-state index is 0.0139. The first-order chi connectivity index (χ1) is 11.1. The van der Waals surface area contributed by atoms with Gasteiger partial charge in [-0.25, -0.2) is 0 Å². The summed E-state index contributed by atoms with van der Waals surface area (Å²) in [5.41, 5.74) is 0.751. The van der Waals surface area contributed by atoms with E-state index in [9.17, 15) is 9.59 Å². The molecule has 2 aliphatic heterocycles. The highest BCUT2D eigenvalue weighted by Gasteiger charge is 2.32. The quantitative estimate of drug-likeness (QED) is 0.853. The second kappa shape index (κ2) is 7.29. The van der Waals surface area contributed by atoms with Crippen molar-refractivity contribution < 1.29 is 9.59 Å². The zero-order valence-electron chi connectivity index (χ0n) is 12.9. The second-order valence-electron chi connectivity index (χ2n) is 5.96. The summed E-state index contributed by atoms with van der Waals surface area (Å²) in [7, 11) is 0. The molecule has 0 spiro atoms. The third kappa shape index (κ3) is 4.22. The maximum atomic E-state index is 12.1. The van der Waals surface area contributed by atoms with Crippen LogP contribution in [0.2, 0.25) is 5.02 Å². The molecule has 1 unspecified atom stereocenters. The van der Waals surface area contributed by atoms with Gasteiger partial charge < -0.3 is 10.6 Å². The first-order valence-electron chi connectivity index (χ1n) is 7.91. The molecule has 2 amide bonds. The van der Waals surface area contributed by atoms with E-state index in [0.717, 1.165) is 44.8 Å². The van der Waals surface area contributed by atoms with Gasteiger partial charge in [-0.2, -0.15) is 0 Å². The van der Waals surface area contributed by atoms with Crippen LogP contribution in [0.25, 0.3) is 0 Å². The molecule has 2 aliphatic rings. The summed E-state index contributed by atoms with van der Waals surface area (Å²) in [6, 6.07) is 7.10. The Bertz CT molecular complexity index is 570. The molecule has 0 bridgehead atoms. The molecule has 0 saturated carbocycles. The van der Waals surface area contributed by atoms with E-state index in [1.54, 1.807) is 24.3 Å². The summed E-state index contributed by atoms with van der Waals surface area (Å²) < 4.78 is 0. The van der Waals surface area contributed by atoms with Gasteiger partial charge in [-0.15, -0.1) is 0 Å². The van der Waals surface area contributed by atoms with Crippen LogP contribution in [0.1, 0.15) is 6.42 Å². The van der Waals surface area contributed by atoms with Crippen molar-refractivity contribution in [2.24, 2.45) is 0 Å². The van der Waals surface area contributed by atoms with Gasteiger partial charge in [0.25, 0.3) is 0 Å². The topological polar surface area (TPSA) is 64.7 Å². The van der Waals surface area contributed by atoms with Gasteiger partial charge in [0.2, 0.25) is 11.8 Å². The molecule has 2 fully saturated rings. The number of carbonyl (C=O) groups is 2. The lowest BCUT2D eigenvalue weighted by molar-refractivity contribution is -0.125. The largest absolute Gasteiger partial charge is 0.355 e. The summed E-state index contributed by atoms with van der Waals surface area (Å²) in [6.07, 6.45) is 0.885. The number of nitrogens with zero attached hydrogens (tertiary/aromatic N) is 2. The molecule has 0 aliphatic carbocycles. The molecule has 3 rings (SSSR count). The van der Waals surface area contributed by atoms with Crippen LogP contribution in [0.5, 0.6) is 0 Å². The number of rotatable bonds is 4. The van der Waals surface area contributed by atoms with Crippen molar-refractivity contribution in [2.45, 2.75) is 12.5 Å². The number of benzene rings is 1. The van der Waals surface area contributed by atoms with Crippen molar-refractivity contribution in [3.05, 3.63) is 29.3 Å². The fraction of sp³-hybridized carbons (Fsp3) is 0.500. The summed E-state index contributed by atoms with van der Waals surface area (Å²) >= 11 is 5.83. The van der Waals surface area contributed by atoms with Crippen LogP contribution < -0.4 is 10.6 Å². The van der Waals surface area contributed by atoms with Crippen LogP contribution in [0, 0.1) is 0 Å². The smallest absolute Gasteiger partial charge is 0.238 e. The molecule has 23 heavy (non-hydrogen) atoms. The van der Waals surface area contributed by atoms with Crippen molar-refractivity contribution in [3.63, 3.8) is 0 Å². The Balaban J connectivity index is 1.44. The molecule has 0 aromatic heterocycles. The van der Waals surface area contributed by atoms with Crippen LogP contribution in [0.15, 0.2) is 24.3 Å². The third-order valence-electron chi connectivity index (χ3n) is 4.36. The van der Waals surface area contributed by atoms with Gasteiger partial charge in [0, 0.05) is 43.4 Å². The van der Waals surface area contributed by atoms with E-state index in [2.05, 4.69) is 20.4 Å². The third-order valence-corrected chi connectivity index (χ3v) is 4.61. The lowest BCUT2D eigenvalue weighted by Crippen LogP contribution is -2.53. The van der Waals surface area contributed by atoms with Crippen LogP contribution >= 0.6 is 11.6 Å². The van der Waals surface area contributed by atoms with E-state index in [-0.39, 0.29) is 17.9 Å². The van der Waals surface area contributed by atoms with Gasteiger partial charge in [-0.3, -0.25) is 19.4 Å². The Kier molecular flexibility index (Phi) is 5.15. The lowest BCUT2D eigenvalue weighted by atomic mass is 10.2. The lowest BCUT2D eigenvalue weighted by Gasteiger charge is -2.36. The van der Waals surface area contributed by atoms with E-state index >= 15 is 0 Å². The Morgan fingerprint density at radius 3 is 2.52 bits per heavy atom. The maximum Gasteiger partial charge on any atom is 0.238 e. The monoisotopic (exact) mass is 336 g/mol. The van der Waals surface area contributed by atoms with Gasteiger partial charge in [-0.05, 0) is 30.7 Å². The maximum absolute atomic E-state index is 12.1. The molecular weight excluding hydrogens is 316 g/mol. The Labute approximate surface area is 140 Å². The zero-order valence-corrected chi connectivity index (χ0v) is 13.7. The van der Waals surface area contributed by atoms with Gasteiger partial charge >= 0.3 is 0 Å². The molecule has 2 N–H and O–H groups in total. The molecule has 124 valence electrons. The minimum atomic E-state index is -0.0284. The highest BCUT2D eigenvalue weighted by Crippen LogP contribution is 2.15. The highest BCUT2D eigenvalue weighted by atomic mass is 35.5. The molecule has 1 aromatic rings. The number of carbonyl (C=O) groups excluding carboxylic acids is 2. The average molecular weight is 337 g/mol. The van der Waals surface area contributed by atoms with Crippen LogP contribution in [-0.2, 0) is 9.59 Å². The number of anilines is 1. The SMILES string of the molecule is O=C(CN1CCN(C2CCNC2=O)CC1)Nc1ccc(Cl)cc1. The van der Waals surface area contributed by atoms with Crippen LogP contribution in [0.3, 0.4) is 0 Å².